The Morgan fingerprint density at radius 3 is 2.33 bits per heavy atom. The van der Waals surface area contributed by atoms with Gasteiger partial charge in [-0.3, -0.25) is 0 Å². The average molecular weight is 171 g/mol. The summed E-state index contributed by atoms with van der Waals surface area (Å²) in [5.74, 6) is 0.734. The first-order chi connectivity index (χ1) is 5.74. The standard InChI is InChI=1S/C10H21NO/c1-8(2)12-10(7-11)9-5-3-4-6-9/h8-10H,3-7,11H2,1-2H3. The van der Waals surface area contributed by atoms with Crippen molar-refractivity contribution in [2.75, 3.05) is 6.54 Å². The van der Waals surface area contributed by atoms with Crippen molar-refractivity contribution in [3.63, 3.8) is 0 Å². The minimum absolute atomic E-state index is 0.312. The molecule has 0 saturated heterocycles. The van der Waals surface area contributed by atoms with Crippen molar-refractivity contribution < 1.29 is 4.74 Å². The van der Waals surface area contributed by atoms with Crippen LogP contribution in [0, 0.1) is 5.92 Å². The summed E-state index contributed by atoms with van der Waals surface area (Å²) in [7, 11) is 0. The molecule has 0 aliphatic heterocycles. The van der Waals surface area contributed by atoms with Gasteiger partial charge < -0.3 is 10.5 Å². The van der Waals surface area contributed by atoms with Gasteiger partial charge in [0.1, 0.15) is 0 Å². The maximum absolute atomic E-state index is 5.76. The van der Waals surface area contributed by atoms with E-state index in [1.165, 1.54) is 25.7 Å². The van der Waals surface area contributed by atoms with Gasteiger partial charge in [-0.2, -0.15) is 0 Å². The Morgan fingerprint density at radius 1 is 1.33 bits per heavy atom. The molecule has 1 rings (SSSR count). The molecule has 0 bridgehead atoms. The van der Waals surface area contributed by atoms with E-state index in [0.29, 0.717) is 18.8 Å². The van der Waals surface area contributed by atoms with Gasteiger partial charge >= 0.3 is 0 Å². The van der Waals surface area contributed by atoms with Crippen LogP contribution < -0.4 is 5.73 Å². The molecular weight excluding hydrogens is 150 g/mol. The molecule has 0 spiro atoms. The number of hydrogen-bond acceptors (Lipinski definition) is 2. The molecule has 0 aromatic rings. The summed E-state index contributed by atoms with van der Waals surface area (Å²) in [6.45, 7) is 4.85. The van der Waals surface area contributed by atoms with Gasteiger partial charge in [-0.25, -0.2) is 0 Å². The van der Waals surface area contributed by atoms with Gasteiger partial charge in [-0.05, 0) is 32.6 Å². The van der Waals surface area contributed by atoms with E-state index in [4.69, 9.17) is 10.5 Å². The van der Waals surface area contributed by atoms with Crippen LogP contribution in [-0.2, 0) is 4.74 Å². The third kappa shape index (κ3) is 2.76. The normalized spacial score (nSPS) is 22.0. The third-order valence-corrected chi connectivity index (χ3v) is 2.60. The highest BCUT2D eigenvalue weighted by atomic mass is 16.5. The van der Waals surface area contributed by atoms with Crippen molar-refractivity contribution in [2.45, 2.75) is 51.7 Å². The fourth-order valence-corrected chi connectivity index (χ4v) is 2.04. The first kappa shape index (κ1) is 10.0. The Kier molecular flexibility index (Phi) is 4.02. The SMILES string of the molecule is CC(C)OC(CN)C1CCCC1. The maximum Gasteiger partial charge on any atom is 0.0728 e. The second-order valence-electron chi connectivity index (χ2n) is 4.00. The van der Waals surface area contributed by atoms with Crippen molar-refractivity contribution in [1.82, 2.24) is 0 Å². The molecule has 2 N–H and O–H groups in total. The highest BCUT2D eigenvalue weighted by Gasteiger charge is 2.24. The second kappa shape index (κ2) is 4.83. The molecule has 2 heteroatoms. The molecule has 2 nitrogen and oxygen atoms in total. The number of nitrogens with two attached hydrogens (primary N) is 1. The van der Waals surface area contributed by atoms with Gasteiger partial charge in [-0.1, -0.05) is 12.8 Å². The van der Waals surface area contributed by atoms with Gasteiger partial charge in [-0.15, -0.1) is 0 Å². The van der Waals surface area contributed by atoms with Crippen LogP contribution in [-0.4, -0.2) is 18.8 Å². The topological polar surface area (TPSA) is 35.2 Å². The Hall–Kier alpha value is -0.0800. The largest absolute Gasteiger partial charge is 0.374 e. The van der Waals surface area contributed by atoms with Crippen molar-refractivity contribution in [3.05, 3.63) is 0 Å². The quantitative estimate of drug-likeness (QED) is 0.701. The summed E-state index contributed by atoms with van der Waals surface area (Å²) >= 11 is 0. The van der Waals surface area contributed by atoms with Crippen molar-refractivity contribution in [3.8, 4) is 0 Å². The Labute approximate surface area is 75.5 Å². The van der Waals surface area contributed by atoms with Crippen LogP contribution in [0.3, 0.4) is 0 Å². The van der Waals surface area contributed by atoms with Crippen molar-refractivity contribution in [2.24, 2.45) is 11.7 Å². The van der Waals surface area contributed by atoms with E-state index in [1.807, 2.05) is 0 Å². The van der Waals surface area contributed by atoms with E-state index in [-0.39, 0.29) is 0 Å². The summed E-state index contributed by atoms with van der Waals surface area (Å²) in [6.07, 6.45) is 5.99. The van der Waals surface area contributed by atoms with Crippen LogP contribution in [0.1, 0.15) is 39.5 Å². The summed E-state index contributed by atoms with van der Waals surface area (Å²) < 4.78 is 5.76. The predicted molar refractivity (Wildman–Crippen MR) is 51.0 cm³/mol. The van der Waals surface area contributed by atoms with Gasteiger partial charge in [0.25, 0.3) is 0 Å². The van der Waals surface area contributed by atoms with Crippen LogP contribution in [0.4, 0.5) is 0 Å². The molecule has 72 valence electrons. The van der Waals surface area contributed by atoms with Crippen LogP contribution >= 0.6 is 0 Å². The van der Waals surface area contributed by atoms with E-state index >= 15 is 0 Å². The van der Waals surface area contributed by atoms with Crippen LogP contribution in [0.2, 0.25) is 0 Å². The first-order valence-electron chi connectivity index (χ1n) is 5.09. The van der Waals surface area contributed by atoms with Crippen LogP contribution in [0.5, 0.6) is 0 Å². The van der Waals surface area contributed by atoms with Gasteiger partial charge in [0, 0.05) is 6.54 Å². The highest BCUT2D eigenvalue weighted by molar-refractivity contribution is 4.76. The van der Waals surface area contributed by atoms with Crippen molar-refractivity contribution in [1.29, 1.82) is 0 Å². The minimum atomic E-state index is 0.312. The number of rotatable bonds is 4. The van der Waals surface area contributed by atoms with Crippen LogP contribution in [0.25, 0.3) is 0 Å². The van der Waals surface area contributed by atoms with Crippen LogP contribution in [0.15, 0.2) is 0 Å². The van der Waals surface area contributed by atoms with Gasteiger partial charge in [0.2, 0.25) is 0 Å². The monoisotopic (exact) mass is 171 g/mol. The lowest BCUT2D eigenvalue weighted by molar-refractivity contribution is -0.0191. The molecule has 0 aromatic heterocycles. The molecular formula is C10H21NO. The summed E-state index contributed by atoms with van der Waals surface area (Å²) in [5, 5.41) is 0. The lowest BCUT2D eigenvalue weighted by atomic mass is 10.0. The molecule has 1 saturated carbocycles. The Balaban J connectivity index is 2.32. The lowest BCUT2D eigenvalue weighted by Gasteiger charge is -2.24. The first-order valence-corrected chi connectivity index (χ1v) is 5.09. The molecule has 12 heavy (non-hydrogen) atoms. The Morgan fingerprint density at radius 2 is 1.92 bits per heavy atom. The fraction of sp³-hybridized carbons (Fsp3) is 1.00. The molecule has 0 amide bonds. The third-order valence-electron chi connectivity index (χ3n) is 2.60. The second-order valence-corrected chi connectivity index (χ2v) is 4.00. The zero-order valence-corrected chi connectivity index (χ0v) is 8.25. The summed E-state index contributed by atoms with van der Waals surface area (Å²) in [5.41, 5.74) is 5.68. The zero-order chi connectivity index (χ0) is 8.97. The van der Waals surface area contributed by atoms with E-state index in [1.54, 1.807) is 0 Å². The smallest absolute Gasteiger partial charge is 0.0728 e. The van der Waals surface area contributed by atoms with Gasteiger partial charge in [0.15, 0.2) is 0 Å². The van der Waals surface area contributed by atoms with E-state index < -0.39 is 0 Å². The molecule has 1 unspecified atom stereocenters. The molecule has 0 radical (unpaired) electrons. The molecule has 1 atom stereocenters. The van der Waals surface area contributed by atoms with Crippen molar-refractivity contribution >= 4 is 0 Å². The predicted octanol–water partition coefficient (Wildman–Crippen LogP) is 1.93. The van der Waals surface area contributed by atoms with Gasteiger partial charge in [0.05, 0.1) is 12.2 Å². The molecule has 0 aromatic carbocycles. The molecule has 0 heterocycles. The van der Waals surface area contributed by atoms with E-state index in [2.05, 4.69) is 13.8 Å². The molecule has 1 aliphatic carbocycles. The molecule has 1 aliphatic rings. The average Bonchev–Trinajstić information content (AvgIpc) is 2.51. The minimum Gasteiger partial charge on any atom is -0.374 e. The molecule has 1 fully saturated rings. The highest BCUT2D eigenvalue weighted by Crippen LogP contribution is 2.29. The van der Waals surface area contributed by atoms with E-state index in [0.717, 1.165) is 5.92 Å². The lowest BCUT2D eigenvalue weighted by Crippen LogP contribution is -2.32. The number of hydrogen-bond donors (Lipinski definition) is 1. The summed E-state index contributed by atoms with van der Waals surface area (Å²) in [6, 6.07) is 0. The zero-order valence-electron chi connectivity index (χ0n) is 8.25. The number of ether oxygens (including phenoxy) is 1. The fourth-order valence-electron chi connectivity index (χ4n) is 2.04. The Bertz CT molecular complexity index is 119. The summed E-state index contributed by atoms with van der Waals surface area (Å²) in [4.78, 5) is 0. The maximum atomic E-state index is 5.76. The van der Waals surface area contributed by atoms with E-state index in [9.17, 15) is 0 Å².